The Morgan fingerprint density at radius 3 is 2.60 bits per heavy atom. The Hall–Kier alpha value is -2.61. The highest BCUT2D eigenvalue weighted by Gasteiger charge is 2.26. The Morgan fingerprint density at radius 2 is 2.00 bits per heavy atom. The standard InChI is InChI=1S/C17H22N4O4/c1-10-4-5-15(25-10)14-6-13(18)17(23)21(19-14)9-16(22)20-7-11(2)24-12(3)8-20/h4-6,11-12H,7-9,18H2,1-3H3/t11-,12+. The van der Waals surface area contributed by atoms with E-state index in [1.807, 2.05) is 20.8 Å². The lowest BCUT2D eigenvalue weighted by molar-refractivity contribution is -0.144. The van der Waals surface area contributed by atoms with E-state index in [0.717, 1.165) is 10.4 Å². The van der Waals surface area contributed by atoms with Gasteiger partial charge in [-0.15, -0.1) is 0 Å². The first kappa shape index (κ1) is 17.2. The van der Waals surface area contributed by atoms with E-state index in [0.29, 0.717) is 24.5 Å². The summed E-state index contributed by atoms with van der Waals surface area (Å²) < 4.78 is 12.2. The van der Waals surface area contributed by atoms with Crippen LogP contribution in [0.15, 0.2) is 27.4 Å². The van der Waals surface area contributed by atoms with Crippen molar-refractivity contribution in [3.05, 3.63) is 34.3 Å². The molecule has 3 heterocycles. The van der Waals surface area contributed by atoms with Gasteiger partial charge in [0.25, 0.3) is 5.56 Å². The molecule has 2 aromatic rings. The van der Waals surface area contributed by atoms with Crippen LogP contribution in [0.25, 0.3) is 11.5 Å². The molecule has 8 nitrogen and oxygen atoms in total. The molecule has 2 atom stereocenters. The quantitative estimate of drug-likeness (QED) is 0.890. The van der Waals surface area contributed by atoms with Crippen molar-refractivity contribution in [1.82, 2.24) is 14.7 Å². The molecule has 0 aromatic carbocycles. The first-order chi connectivity index (χ1) is 11.8. The second-order valence-corrected chi connectivity index (χ2v) is 6.41. The lowest BCUT2D eigenvalue weighted by Crippen LogP contribution is -2.49. The van der Waals surface area contributed by atoms with Gasteiger partial charge in [0.15, 0.2) is 5.76 Å². The molecule has 0 spiro atoms. The van der Waals surface area contributed by atoms with Crippen LogP contribution < -0.4 is 11.3 Å². The Bertz CT molecular complexity index is 831. The number of furan rings is 1. The number of aromatic nitrogens is 2. The van der Waals surface area contributed by atoms with Crippen LogP contribution >= 0.6 is 0 Å². The molecule has 0 saturated carbocycles. The van der Waals surface area contributed by atoms with E-state index in [2.05, 4.69) is 5.10 Å². The smallest absolute Gasteiger partial charge is 0.290 e. The van der Waals surface area contributed by atoms with Crippen molar-refractivity contribution < 1.29 is 13.9 Å². The first-order valence-corrected chi connectivity index (χ1v) is 8.21. The fourth-order valence-corrected chi connectivity index (χ4v) is 2.97. The summed E-state index contributed by atoms with van der Waals surface area (Å²) in [5.41, 5.74) is 5.75. The highest BCUT2D eigenvalue weighted by atomic mass is 16.5. The van der Waals surface area contributed by atoms with Crippen LogP contribution in [0.2, 0.25) is 0 Å². The van der Waals surface area contributed by atoms with Crippen molar-refractivity contribution >= 4 is 11.6 Å². The number of nitrogens with two attached hydrogens (primary N) is 1. The third kappa shape index (κ3) is 3.74. The van der Waals surface area contributed by atoms with Gasteiger partial charge >= 0.3 is 0 Å². The maximum absolute atomic E-state index is 12.6. The highest BCUT2D eigenvalue weighted by Crippen LogP contribution is 2.20. The molecular formula is C17H22N4O4. The van der Waals surface area contributed by atoms with Gasteiger partial charge in [0.2, 0.25) is 5.91 Å². The van der Waals surface area contributed by atoms with Gasteiger partial charge in [-0.25, -0.2) is 4.68 Å². The summed E-state index contributed by atoms with van der Waals surface area (Å²) in [6.07, 6.45) is -0.0836. The van der Waals surface area contributed by atoms with Gasteiger partial charge in [-0.3, -0.25) is 9.59 Å². The molecule has 3 rings (SSSR count). The van der Waals surface area contributed by atoms with Gasteiger partial charge in [-0.05, 0) is 39.0 Å². The van der Waals surface area contributed by atoms with E-state index in [1.165, 1.54) is 6.07 Å². The van der Waals surface area contributed by atoms with Crippen molar-refractivity contribution in [2.45, 2.75) is 39.5 Å². The highest BCUT2D eigenvalue weighted by molar-refractivity contribution is 5.76. The topological polar surface area (TPSA) is 104 Å². The minimum Gasteiger partial charge on any atom is -0.460 e. The summed E-state index contributed by atoms with van der Waals surface area (Å²) in [5, 5.41) is 4.24. The van der Waals surface area contributed by atoms with Crippen molar-refractivity contribution in [3.8, 4) is 11.5 Å². The van der Waals surface area contributed by atoms with Gasteiger partial charge in [0.05, 0.1) is 12.2 Å². The predicted molar refractivity (Wildman–Crippen MR) is 91.9 cm³/mol. The summed E-state index contributed by atoms with van der Waals surface area (Å²) in [5.74, 6) is 1.03. The molecule has 1 saturated heterocycles. The number of ether oxygens (including phenoxy) is 1. The van der Waals surface area contributed by atoms with Crippen molar-refractivity contribution in [3.63, 3.8) is 0 Å². The van der Waals surface area contributed by atoms with Crippen LogP contribution in [-0.4, -0.2) is 45.9 Å². The summed E-state index contributed by atoms with van der Waals surface area (Å²) in [4.78, 5) is 26.5. The zero-order chi connectivity index (χ0) is 18.1. The molecule has 1 amide bonds. The summed E-state index contributed by atoms with van der Waals surface area (Å²) in [7, 11) is 0. The van der Waals surface area contributed by atoms with Gasteiger partial charge in [-0.1, -0.05) is 0 Å². The SMILES string of the molecule is Cc1ccc(-c2cc(N)c(=O)n(CC(=O)N3C[C@@H](C)O[C@@H](C)C3)n2)o1. The molecule has 1 fully saturated rings. The molecule has 8 heteroatoms. The first-order valence-electron chi connectivity index (χ1n) is 8.21. The molecule has 134 valence electrons. The summed E-state index contributed by atoms with van der Waals surface area (Å²) >= 11 is 0. The van der Waals surface area contributed by atoms with E-state index in [1.54, 1.807) is 17.0 Å². The molecule has 25 heavy (non-hydrogen) atoms. The van der Waals surface area contributed by atoms with Crippen LogP contribution in [0.3, 0.4) is 0 Å². The van der Waals surface area contributed by atoms with Crippen molar-refractivity contribution in [2.24, 2.45) is 0 Å². The number of carbonyl (C=O) groups excluding carboxylic acids is 1. The van der Waals surface area contributed by atoms with E-state index in [4.69, 9.17) is 14.9 Å². The lowest BCUT2D eigenvalue weighted by Gasteiger charge is -2.35. The fourth-order valence-electron chi connectivity index (χ4n) is 2.97. The Labute approximate surface area is 145 Å². The molecule has 2 aromatic heterocycles. The number of anilines is 1. The number of morpholine rings is 1. The third-order valence-corrected chi connectivity index (χ3v) is 4.05. The molecule has 1 aliphatic rings. The summed E-state index contributed by atoms with van der Waals surface area (Å²) in [6.45, 7) is 6.45. The minimum absolute atomic E-state index is 0.0237. The van der Waals surface area contributed by atoms with Crippen molar-refractivity contribution in [1.29, 1.82) is 0 Å². The van der Waals surface area contributed by atoms with Crippen LogP contribution in [0.1, 0.15) is 19.6 Å². The van der Waals surface area contributed by atoms with Gasteiger partial charge in [0.1, 0.15) is 23.7 Å². The van der Waals surface area contributed by atoms with Gasteiger partial charge in [-0.2, -0.15) is 5.10 Å². The summed E-state index contributed by atoms with van der Waals surface area (Å²) in [6, 6.07) is 5.00. The average molecular weight is 346 g/mol. The Balaban J connectivity index is 1.85. The van der Waals surface area contributed by atoms with Crippen LogP contribution in [0.5, 0.6) is 0 Å². The number of rotatable bonds is 3. The van der Waals surface area contributed by atoms with Crippen LogP contribution in [0, 0.1) is 6.92 Å². The Kier molecular flexibility index (Phi) is 4.63. The van der Waals surface area contributed by atoms with Crippen LogP contribution in [0.4, 0.5) is 5.69 Å². The Morgan fingerprint density at radius 1 is 1.32 bits per heavy atom. The number of aryl methyl sites for hydroxylation is 1. The number of carbonyl (C=O) groups is 1. The van der Waals surface area contributed by atoms with Gasteiger partial charge in [0, 0.05) is 13.1 Å². The second kappa shape index (κ2) is 6.72. The molecule has 0 radical (unpaired) electrons. The van der Waals surface area contributed by atoms with E-state index in [-0.39, 0.29) is 30.3 Å². The van der Waals surface area contributed by atoms with E-state index >= 15 is 0 Å². The minimum atomic E-state index is -0.491. The van der Waals surface area contributed by atoms with Crippen LogP contribution in [-0.2, 0) is 16.1 Å². The molecular weight excluding hydrogens is 324 g/mol. The fraction of sp³-hybridized carbons (Fsp3) is 0.471. The van der Waals surface area contributed by atoms with Gasteiger partial charge < -0.3 is 19.8 Å². The zero-order valence-corrected chi connectivity index (χ0v) is 14.6. The second-order valence-electron chi connectivity index (χ2n) is 6.41. The largest absolute Gasteiger partial charge is 0.460 e. The zero-order valence-electron chi connectivity index (χ0n) is 14.6. The molecule has 0 bridgehead atoms. The number of hydrogen-bond donors (Lipinski definition) is 1. The number of nitrogens with zero attached hydrogens (tertiary/aromatic N) is 3. The monoisotopic (exact) mass is 346 g/mol. The molecule has 1 aliphatic heterocycles. The number of hydrogen-bond acceptors (Lipinski definition) is 6. The number of amides is 1. The lowest BCUT2D eigenvalue weighted by atomic mass is 10.2. The predicted octanol–water partition coefficient (Wildman–Crippen LogP) is 1.03. The maximum Gasteiger partial charge on any atom is 0.290 e. The molecule has 0 aliphatic carbocycles. The average Bonchev–Trinajstić information content (AvgIpc) is 2.97. The molecule has 2 N–H and O–H groups in total. The number of nitrogen functional groups attached to an aromatic ring is 1. The van der Waals surface area contributed by atoms with Crippen molar-refractivity contribution in [2.75, 3.05) is 18.8 Å². The normalized spacial score (nSPS) is 20.7. The maximum atomic E-state index is 12.6. The van der Waals surface area contributed by atoms with E-state index < -0.39 is 5.56 Å². The van der Waals surface area contributed by atoms with E-state index in [9.17, 15) is 9.59 Å². The molecule has 0 unspecified atom stereocenters. The third-order valence-electron chi connectivity index (χ3n) is 4.05.